The summed E-state index contributed by atoms with van der Waals surface area (Å²) in [5, 5.41) is 0. The molecule has 0 aliphatic rings. The molecule has 0 saturated carbocycles. The van der Waals surface area contributed by atoms with Crippen LogP contribution < -0.4 is 15.2 Å². The van der Waals surface area contributed by atoms with Crippen molar-refractivity contribution in [1.29, 1.82) is 0 Å². The molecule has 0 aliphatic carbocycles. The standard InChI is InChI=1S/C16H20N2O2/c1-4-12-6-5-7-13(10-12)20-15-9-8-14(17)16(18-15)19-11(2)3/h5-11H,4,17H2,1-3H3. The highest BCUT2D eigenvalue weighted by Gasteiger charge is 2.08. The highest BCUT2D eigenvalue weighted by molar-refractivity contribution is 5.49. The Kier molecular flexibility index (Phi) is 4.45. The summed E-state index contributed by atoms with van der Waals surface area (Å²) in [5.74, 6) is 1.64. The van der Waals surface area contributed by atoms with Gasteiger partial charge in [0.25, 0.3) is 0 Å². The number of aromatic nitrogens is 1. The van der Waals surface area contributed by atoms with Crippen LogP contribution in [0.2, 0.25) is 0 Å². The molecule has 1 aromatic heterocycles. The molecule has 4 heteroatoms. The first-order valence-electron chi connectivity index (χ1n) is 6.78. The minimum atomic E-state index is 0.0171. The topological polar surface area (TPSA) is 57.4 Å². The van der Waals surface area contributed by atoms with Gasteiger partial charge in [-0.25, -0.2) is 0 Å². The molecule has 0 bridgehead atoms. The Balaban J connectivity index is 2.20. The van der Waals surface area contributed by atoms with Crippen molar-refractivity contribution in [3.63, 3.8) is 0 Å². The quantitative estimate of drug-likeness (QED) is 0.899. The largest absolute Gasteiger partial charge is 0.473 e. The van der Waals surface area contributed by atoms with Crippen LogP contribution in [0.5, 0.6) is 17.5 Å². The molecule has 0 spiro atoms. The summed E-state index contributed by atoms with van der Waals surface area (Å²) >= 11 is 0. The Morgan fingerprint density at radius 3 is 2.70 bits per heavy atom. The van der Waals surface area contributed by atoms with Crippen molar-refractivity contribution in [2.24, 2.45) is 0 Å². The molecule has 2 rings (SSSR count). The van der Waals surface area contributed by atoms with Gasteiger partial charge in [-0.2, -0.15) is 4.98 Å². The predicted octanol–water partition coefficient (Wildman–Crippen LogP) is 3.81. The second kappa shape index (κ2) is 6.28. The molecule has 20 heavy (non-hydrogen) atoms. The smallest absolute Gasteiger partial charge is 0.240 e. The molecule has 2 N–H and O–H groups in total. The zero-order chi connectivity index (χ0) is 14.5. The molecule has 0 fully saturated rings. The molecule has 4 nitrogen and oxygen atoms in total. The third-order valence-corrected chi connectivity index (χ3v) is 2.74. The van der Waals surface area contributed by atoms with Crippen molar-refractivity contribution < 1.29 is 9.47 Å². The van der Waals surface area contributed by atoms with E-state index in [1.165, 1.54) is 5.56 Å². The third kappa shape index (κ3) is 3.63. The van der Waals surface area contributed by atoms with Crippen molar-refractivity contribution in [1.82, 2.24) is 4.98 Å². The highest BCUT2D eigenvalue weighted by Crippen LogP contribution is 2.27. The molecular weight excluding hydrogens is 252 g/mol. The van der Waals surface area contributed by atoms with Gasteiger partial charge in [0.05, 0.1) is 11.8 Å². The molecule has 0 atom stereocenters. The van der Waals surface area contributed by atoms with Crippen LogP contribution in [0.1, 0.15) is 26.3 Å². The maximum Gasteiger partial charge on any atom is 0.240 e. The maximum atomic E-state index is 5.83. The van der Waals surface area contributed by atoms with Gasteiger partial charge < -0.3 is 15.2 Å². The van der Waals surface area contributed by atoms with Gasteiger partial charge >= 0.3 is 0 Å². The normalized spacial score (nSPS) is 10.6. The molecule has 0 radical (unpaired) electrons. The number of pyridine rings is 1. The van der Waals surface area contributed by atoms with E-state index in [1.807, 2.05) is 32.0 Å². The number of nitrogens with zero attached hydrogens (tertiary/aromatic N) is 1. The van der Waals surface area contributed by atoms with E-state index >= 15 is 0 Å². The molecule has 1 heterocycles. The minimum absolute atomic E-state index is 0.0171. The first-order valence-corrected chi connectivity index (χ1v) is 6.78. The van der Waals surface area contributed by atoms with Gasteiger partial charge in [-0.3, -0.25) is 0 Å². The monoisotopic (exact) mass is 272 g/mol. The fraction of sp³-hybridized carbons (Fsp3) is 0.312. The predicted molar refractivity (Wildman–Crippen MR) is 80.3 cm³/mol. The molecule has 0 saturated heterocycles. The zero-order valence-corrected chi connectivity index (χ0v) is 12.1. The van der Waals surface area contributed by atoms with Gasteiger partial charge in [-0.1, -0.05) is 19.1 Å². The van der Waals surface area contributed by atoms with Gasteiger partial charge in [0.1, 0.15) is 5.75 Å². The van der Waals surface area contributed by atoms with E-state index in [2.05, 4.69) is 18.0 Å². The van der Waals surface area contributed by atoms with Gasteiger partial charge in [0.2, 0.25) is 11.8 Å². The number of rotatable bonds is 5. The first-order chi connectivity index (χ1) is 9.58. The lowest BCUT2D eigenvalue weighted by Gasteiger charge is -2.12. The number of nitrogen functional groups attached to an aromatic ring is 1. The fourth-order valence-electron chi connectivity index (χ4n) is 1.76. The summed E-state index contributed by atoms with van der Waals surface area (Å²) in [5.41, 5.74) is 7.56. The summed E-state index contributed by atoms with van der Waals surface area (Å²) in [6, 6.07) is 11.4. The molecule has 0 aliphatic heterocycles. The lowest BCUT2D eigenvalue weighted by molar-refractivity contribution is 0.232. The van der Waals surface area contributed by atoms with E-state index in [0.29, 0.717) is 17.4 Å². The number of aryl methyl sites for hydroxylation is 1. The Morgan fingerprint density at radius 2 is 2.00 bits per heavy atom. The van der Waals surface area contributed by atoms with E-state index in [1.54, 1.807) is 12.1 Å². The van der Waals surface area contributed by atoms with Gasteiger partial charge in [0, 0.05) is 6.07 Å². The fourth-order valence-corrected chi connectivity index (χ4v) is 1.76. The number of hydrogen-bond donors (Lipinski definition) is 1. The van der Waals surface area contributed by atoms with Crippen LogP contribution >= 0.6 is 0 Å². The summed E-state index contributed by atoms with van der Waals surface area (Å²) in [7, 11) is 0. The van der Waals surface area contributed by atoms with Crippen LogP contribution in [-0.4, -0.2) is 11.1 Å². The SMILES string of the molecule is CCc1cccc(Oc2ccc(N)c(OC(C)C)n2)c1. The van der Waals surface area contributed by atoms with Crippen molar-refractivity contribution in [3.8, 4) is 17.5 Å². The maximum absolute atomic E-state index is 5.83. The van der Waals surface area contributed by atoms with Crippen LogP contribution in [0.3, 0.4) is 0 Å². The zero-order valence-electron chi connectivity index (χ0n) is 12.1. The average molecular weight is 272 g/mol. The van der Waals surface area contributed by atoms with E-state index in [0.717, 1.165) is 12.2 Å². The molecule has 0 unspecified atom stereocenters. The molecule has 106 valence electrons. The van der Waals surface area contributed by atoms with Crippen molar-refractivity contribution in [2.75, 3.05) is 5.73 Å². The van der Waals surface area contributed by atoms with Crippen LogP contribution in [0, 0.1) is 0 Å². The van der Waals surface area contributed by atoms with Crippen LogP contribution in [0.25, 0.3) is 0 Å². The summed E-state index contributed by atoms with van der Waals surface area (Å²) in [6.07, 6.45) is 0.983. The summed E-state index contributed by atoms with van der Waals surface area (Å²) < 4.78 is 11.3. The van der Waals surface area contributed by atoms with Crippen molar-refractivity contribution >= 4 is 5.69 Å². The van der Waals surface area contributed by atoms with Crippen molar-refractivity contribution in [2.45, 2.75) is 33.3 Å². The number of benzene rings is 1. The first kappa shape index (κ1) is 14.2. The third-order valence-electron chi connectivity index (χ3n) is 2.74. The Hall–Kier alpha value is -2.23. The van der Waals surface area contributed by atoms with E-state index in [-0.39, 0.29) is 6.10 Å². The summed E-state index contributed by atoms with van der Waals surface area (Å²) in [6.45, 7) is 5.97. The average Bonchev–Trinajstić information content (AvgIpc) is 2.42. The molecule has 0 amide bonds. The minimum Gasteiger partial charge on any atom is -0.473 e. The van der Waals surface area contributed by atoms with Gasteiger partial charge in [0.15, 0.2) is 0 Å². The van der Waals surface area contributed by atoms with Crippen LogP contribution in [0.4, 0.5) is 5.69 Å². The van der Waals surface area contributed by atoms with Gasteiger partial charge in [-0.05, 0) is 44.0 Å². The van der Waals surface area contributed by atoms with Crippen LogP contribution in [-0.2, 0) is 6.42 Å². The second-order valence-corrected chi connectivity index (χ2v) is 4.81. The van der Waals surface area contributed by atoms with E-state index < -0.39 is 0 Å². The van der Waals surface area contributed by atoms with Gasteiger partial charge in [-0.15, -0.1) is 0 Å². The molecule has 2 aromatic rings. The summed E-state index contributed by atoms with van der Waals surface area (Å²) in [4.78, 5) is 4.29. The Labute approximate surface area is 119 Å². The lowest BCUT2D eigenvalue weighted by atomic mass is 10.2. The van der Waals surface area contributed by atoms with Crippen molar-refractivity contribution in [3.05, 3.63) is 42.0 Å². The highest BCUT2D eigenvalue weighted by atomic mass is 16.5. The number of nitrogens with two attached hydrogens (primary N) is 1. The second-order valence-electron chi connectivity index (χ2n) is 4.81. The molecule has 1 aromatic carbocycles. The number of ether oxygens (including phenoxy) is 2. The number of anilines is 1. The van der Waals surface area contributed by atoms with E-state index in [4.69, 9.17) is 15.2 Å². The molecular formula is C16H20N2O2. The van der Waals surface area contributed by atoms with E-state index in [9.17, 15) is 0 Å². The lowest BCUT2D eigenvalue weighted by Crippen LogP contribution is -2.09. The Morgan fingerprint density at radius 1 is 1.20 bits per heavy atom. The van der Waals surface area contributed by atoms with Crippen LogP contribution in [0.15, 0.2) is 36.4 Å². The number of hydrogen-bond acceptors (Lipinski definition) is 4. The Bertz CT molecular complexity index is 582.